The standard InChI is InChI=1S/C23H29N3/c1-15-4-7-20-19(10-15)23-21-11-18(14-25(21)3)12-22(23)26(20)9-8-17-6-5-16(2)24-13-17/h4-7,10,13,18,21-23H,8-9,11-12,14H2,1-3H3. The van der Waals surface area contributed by atoms with Crippen molar-refractivity contribution >= 4 is 5.69 Å². The Bertz CT molecular complexity index is 813. The zero-order valence-electron chi connectivity index (χ0n) is 16.2. The van der Waals surface area contributed by atoms with Crippen LogP contribution in [0, 0.1) is 19.8 Å². The molecule has 0 spiro atoms. The van der Waals surface area contributed by atoms with Gasteiger partial charge < -0.3 is 9.80 Å². The molecule has 0 amide bonds. The van der Waals surface area contributed by atoms with Crippen molar-refractivity contribution < 1.29 is 0 Å². The van der Waals surface area contributed by atoms with Crippen molar-refractivity contribution in [2.45, 2.75) is 51.1 Å². The number of hydrogen-bond donors (Lipinski definition) is 0. The summed E-state index contributed by atoms with van der Waals surface area (Å²) in [6.45, 7) is 6.68. The van der Waals surface area contributed by atoms with Gasteiger partial charge in [-0.3, -0.25) is 4.98 Å². The second kappa shape index (κ2) is 6.09. The van der Waals surface area contributed by atoms with E-state index < -0.39 is 0 Å². The SMILES string of the molecule is Cc1ccc2c(c1)C1C3CC(CC1N2CCc1ccc(C)nc1)CN3C. The monoisotopic (exact) mass is 347 g/mol. The van der Waals surface area contributed by atoms with Gasteiger partial charge in [0, 0.05) is 48.7 Å². The molecular weight excluding hydrogens is 318 g/mol. The minimum absolute atomic E-state index is 0.680. The van der Waals surface area contributed by atoms with Gasteiger partial charge >= 0.3 is 0 Å². The topological polar surface area (TPSA) is 19.4 Å². The van der Waals surface area contributed by atoms with Gasteiger partial charge in [-0.05, 0) is 69.3 Å². The summed E-state index contributed by atoms with van der Waals surface area (Å²) in [6.07, 6.45) is 5.87. The maximum Gasteiger partial charge on any atom is 0.0406 e. The quantitative estimate of drug-likeness (QED) is 0.838. The second-order valence-electron chi connectivity index (χ2n) is 8.75. The van der Waals surface area contributed by atoms with Gasteiger partial charge in [-0.1, -0.05) is 23.8 Å². The molecule has 1 aromatic carbocycles. The number of aryl methyl sites for hydroxylation is 2. The second-order valence-corrected chi connectivity index (χ2v) is 8.75. The van der Waals surface area contributed by atoms with Crippen LogP contribution in [0.2, 0.25) is 0 Å². The molecule has 5 rings (SSSR count). The van der Waals surface area contributed by atoms with Gasteiger partial charge in [0.05, 0.1) is 0 Å². The van der Waals surface area contributed by atoms with Crippen LogP contribution in [0.15, 0.2) is 36.5 Å². The normalized spacial score (nSPS) is 29.7. The first-order valence-corrected chi connectivity index (χ1v) is 10.1. The molecule has 1 aromatic heterocycles. The third kappa shape index (κ3) is 2.56. The molecule has 2 bridgehead atoms. The van der Waals surface area contributed by atoms with Gasteiger partial charge in [0.1, 0.15) is 0 Å². The van der Waals surface area contributed by atoms with Crippen LogP contribution in [0.4, 0.5) is 5.69 Å². The van der Waals surface area contributed by atoms with E-state index in [-0.39, 0.29) is 0 Å². The van der Waals surface area contributed by atoms with Crippen LogP contribution in [0.5, 0.6) is 0 Å². The number of nitrogens with zero attached hydrogens (tertiary/aromatic N) is 3. The lowest BCUT2D eigenvalue weighted by molar-refractivity contribution is 0.249. The molecule has 1 saturated heterocycles. The molecule has 26 heavy (non-hydrogen) atoms. The van der Waals surface area contributed by atoms with E-state index in [0.29, 0.717) is 12.0 Å². The Balaban J connectivity index is 1.46. The fourth-order valence-corrected chi connectivity index (χ4v) is 5.77. The molecule has 1 saturated carbocycles. The highest BCUT2D eigenvalue weighted by Gasteiger charge is 2.51. The predicted octanol–water partition coefficient (Wildman–Crippen LogP) is 3.94. The summed E-state index contributed by atoms with van der Waals surface area (Å²) in [7, 11) is 2.34. The Morgan fingerprint density at radius 3 is 2.73 bits per heavy atom. The van der Waals surface area contributed by atoms with Crippen molar-refractivity contribution in [3.8, 4) is 0 Å². The largest absolute Gasteiger partial charge is 0.367 e. The number of aromatic nitrogens is 1. The third-order valence-electron chi connectivity index (χ3n) is 6.96. The summed E-state index contributed by atoms with van der Waals surface area (Å²) in [4.78, 5) is 9.85. The molecule has 3 aliphatic rings. The van der Waals surface area contributed by atoms with Crippen molar-refractivity contribution in [2.24, 2.45) is 5.92 Å². The smallest absolute Gasteiger partial charge is 0.0406 e. The van der Waals surface area contributed by atoms with E-state index in [2.05, 4.69) is 72.2 Å². The lowest BCUT2D eigenvalue weighted by Gasteiger charge is -2.38. The number of rotatable bonds is 3. The highest BCUT2D eigenvalue weighted by molar-refractivity contribution is 5.64. The molecule has 1 aliphatic carbocycles. The molecular formula is C23H29N3. The number of fused-ring (bicyclic) bond motifs is 6. The lowest BCUT2D eigenvalue weighted by atomic mass is 9.76. The van der Waals surface area contributed by atoms with Crippen molar-refractivity contribution in [1.29, 1.82) is 0 Å². The molecule has 136 valence electrons. The molecule has 2 aromatic rings. The molecule has 3 heterocycles. The number of benzene rings is 1. The number of hydrogen-bond acceptors (Lipinski definition) is 3. The van der Waals surface area contributed by atoms with Gasteiger partial charge in [0.25, 0.3) is 0 Å². The molecule has 3 nitrogen and oxygen atoms in total. The number of anilines is 1. The average Bonchev–Trinajstić information content (AvgIpc) is 3.09. The molecule has 4 unspecified atom stereocenters. The number of likely N-dealkylation sites (tertiary alicyclic amines) is 1. The van der Waals surface area contributed by atoms with Crippen LogP contribution in [-0.4, -0.2) is 42.1 Å². The Labute approximate surface area is 157 Å². The van der Waals surface area contributed by atoms with E-state index >= 15 is 0 Å². The average molecular weight is 348 g/mol. The Morgan fingerprint density at radius 2 is 1.92 bits per heavy atom. The maximum absolute atomic E-state index is 4.48. The molecule has 2 aliphatic heterocycles. The van der Waals surface area contributed by atoms with Crippen molar-refractivity contribution in [1.82, 2.24) is 9.88 Å². The molecule has 4 atom stereocenters. The Kier molecular flexibility index (Phi) is 3.82. The van der Waals surface area contributed by atoms with Crippen LogP contribution in [0.3, 0.4) is 0 Å². The summed E-state index contributed by atoms with van der Waals surface area (Å²) in [5, 5.41) is 0. The minimum atomic E-state index is 0.680. The van der Waals surface area contributed by atoms with E-state index in [0.717, 1.165) is 30.6 Å². The Hall–Kier alpha value is -1.87. The first-order valence-electron chi connectivity index (χ1n) is 10.1. The van der Waals surface area contributed by atoms with E-state index in [1.165, 1.54) is 36.2 Å². The molecule has 3 heteroatoms. The van der Waals surface area contributed by atoms with Gasteiger partial charge in [0.2, 0.25) is 0 Å². The Morgan fingerprint density at radius 1 is 1.08 bits per heavy atom. The van der Waals surface area contributed by atoms with Crippen LogP contribution in [-0.2, 0) is 6.42 Å². The number of likely N-dealkylation sites (N-methyl/N-ethyl adjacent to an activating group) is 1. The lowest BCUT2D eigenvalue weighted by Crippen LogP contribution is -2.44. The molecule has 0 N–H and O–H groups in total. The third-order valence-corrected chi connectivity index (χ3v) is 6.96. The van der Waals surface area contributed by atoms with Gasteiger partial charge in [0.15, 0.2) is 0 Å². The van der Waals surface area contributed by atoms with E-state index in [4.69, 9.17) is 0 Å². The summed E-state index contributed by atoms with van der Waals surface area (Å²) in [5.41, 5.74) is 6.95. The van der Waals surface area contributed by atoms with E-state index in [9.17, 15) is 0 Å². The fourth-order valence-electron chi connectivity index (χ4n) is 5.77. The fraction of sp³-hybridized carbons (Fsp3) is 0.522. The summed E-state index contributed by atoms with van der Waals surface area (Å²) < 4.78 is 0. The van der Waals surface area contributed by atoms with Crippen molar-refractivity contribution in [3.05, 3.63) is 58.9 Å². The van der Waals surface area contributed by atoms with Crippen LogP contribution in [0.25, 0.3) is 0 Å². The summed E-state index contributed by atoms with van der Waals surface area (Å²) >= 11 is 0. The van der Waals surface area contributed by atoms with Crippen LogP contribution in [0.1, 0.15) is 41.1 Å². The zero-order chi connectivity index (χ0) is 17.8. The highest BCUT2D eigenvalue weighted by atomic mass is 15.2. The van der Waals surface area contributed by atoms with Gasteiger partial charge in [-0.15, -0.1) is 0 Å². The zero-order valence-corrected chi connectivity index (χ0v) is 16.2. The minimum Gasteiger partial charge on any atom is -0.367 e. The highest BCUT2D eigenvalue weighted by Crippen LogP contribution is 2.53. The van der Waals surface area contributed by atoms with Crippen molar-refractivity contribution in [3.63, 3.8) is 0 Å². The van der Waals surface area contributed by atoms with E-state index in [1.807, 2.05) is 0 Å². The summed E-state index contributed by atoms with van der Waals surface area (Å²) in [6, 6.07) is 12.9. The first kappa shape index (κ1) is 16.3. The number of pyridine rings is 1. The van der Waals surface area contributed by atoms with Crippen LogP contribution < -0.4 is 4.90 Å². The molecule has 2 fully saturated rings. The van der Waals surface area contributed by atoms with Crippen LogP contribution >= 0.6 is 0 Å². The van der Waals surface area contributed by atoms with Gasteiger partial charge in [-0.25, -0.2) is 0 Å². The van der Waals surface area contributed by atoms with E-state index in [1.54, 1.807) is 5.56 Å². The predicted molar refractivity (Wildman–Crippen MR) is 107 cm³/mol. The van der Waals surface area contributed by atoms with Gasteiger partial charge in [-0.2, -0.15) is 0 Å². The molecule has 0 radical (unpaired) electrons. The maximum atomic E-state index is 4.48. The first-order chi connectivity index (χ1) is 12.6. The summed E-state index contributed by atoms with van der Waals surface area (Å²) in [5.74, 6) is 1.56. The van der Waals surface area contributed by atoms with Crippen molar-refractivity contribution in [2.75, 3.05) is 25.0 Å².